The molecule has 6 nitrogen and oxygen atoms in total. The molecule has 0 saturated carbocycles. The minimum absolute atomic E-state index is 0.185. The molecule has 1 amide bonds. The summed E-state index contributed by atoms with van der Waals surface area (Å²) in [5.41, 5.74) is 2.66. The molecule has 3 heterocycles. The molecule has 0 aliphatic carbocycles. The number of carbonyl (C=O) groups is 1. The molecular weight excluding hydrogens is 367 g/mol. The van der Waals surface area contributed by atoms with Crippen molar-refractivity contribution in [3.05, 3.63) is 52.0 Å². The van der Waals surface area contributed by atoms with Gasteiger partial charge in [-0.2, -0.15) is 0 Å². The van der Waals surface area contributed by atoms with Crippen LogP contribution in [-0.4, -0.2) is 41.6 Å². The number of morpholine rings is 1. The molecule has 4 rings (SSSR count). The van der Waals surface area contributed by atoms with Crippen LogP contribution >= 0.6 is 11.3 Å². The van der Waals surface area contributed by atoms with Gasteiger partial charge in [-0.3, -0.25) is 9.20 Å². The van der Waals surface area contributed by atoms with E-state index in [0.29, 0.717) is 49.9 Å². The van der Waals surface area contributed by atoms with Gasteiger partial charge in [0.1, 0.15) is 11.5 Å². The normalized spacial score (nSPS) is 14.7. The van der Waals surface area contributed by atoms with Crippen LogP contribution in [-0.2, 0) is 11.3 Å². The van der Waals surface area contributed by atoms with Crippen LogP contribution in [0.4, 0.5) is 10.1 Å². The van der Waals surface area contributed by atoms with Crippen LogP contribution in [0.2, 0.25) is 0 Å². The van der Waals surface area contributed by atoms with Crippen molar-refractivity contribution >= 4 is 27.9 Å². The number of rotatable bonds is 4. The van der Waals surface area contributed by atoms with Crippen LogP contribution in [0.25, 0.3) is 4.96 Å². The van der Waals surface area contributed by atoms with Crippen molar-refractivity contribution in [3.63, 3.8) is 0 Å². The van der Waals surface area contributed by atoms with Gasteiger partial charge in [0.2, 0.25) is 0 Å². The van der Waals surface area contributed by atoms with Gasteiger partial charge in [-0.05, 0) is 31.5 Å². The van der Waals surface area contributed by atoms with Gasteiger partial charge in [-0.25, -0.2) is 9.37 Å². The number of fused-ring (bicyclic) bond motifs is 1. The highest BCUT2D eigenvalue weighted by molar-refractivity contribution is 7.17. The number of amides is 1. The van der Waals surface area contributed by atoms with E-state index < -0.39 is 0 Å². The second-order valence-corrected chi connectivity index (χ2v) is 7.82. The Bertz CT molecular complexity index is 991. The largest absolute Gasteiger partial charge is 0.378 e. The highest BCUT2D eigenvalue weighted by Crippen LogP contribution is 2.23. The average Bonchev–Trinajstić information content (AvgIpc) is 3.15. The van der Waals surface area contributed by atoms with Crippen molar-refractivity contribution in [1.29, 1.82) is 0 Å². The molecule has 0 unspecified atom stereocenters. The lowest BCUT2D eigenvalue weighted by Crippen LogP contribution is -2.36. The fourth-order valence-corrected chi connectivity index (χ4v) is 4.19. The molecule has 0 spiro atoms. The SMILES string of the molecule is Cc1cn2c(C(=O)NCc3ccc(F)c(N4CCOCC4)c3)c(C)nc2s1. The number of imidazole rings is 1. The van der Waals surface area contributed by atoms with E-state index in [1.54, 1.807) is 23.5 Å². The third-order valence-corrected chi connectivity index (χ3v) is 5.54. The van der Waals surface area contributed by atoms with Crippen molar-refractivity contribution in [1.82, 2.24) is 14.7 Å². The number of ether oxygens (including phenoxy) is 1. The summed E-state index contributed by atoms with van der Waals surface area (Å²) in [6.07, 6.45) is 1.92. The number of hydrogen-bond donors (Lipinski definition) is 1. The van der Waals surface area contributed by atoms with E-state index in [2.05, 4.69) is 10.3 Å². The molecule has 1 aromatic carbocycles. The number of aromatic nitrogens is 2. The third kappa shape index (κ3) is 3.54. The van der Waals surface area contributed by atoms with E-state index in [1.165, 1.54) is 6.07 Å². The van der Waals surface area contributed by atoms with Crippen molar-refractivity contribution in [2.75, 3.05) is 31.2 Å². The Hall–Kier alpha value is -2.45. The summed E-state index contributed by atoms with van der Waals surface area (Å²) in [4.78, 5) is 21.0. The molecule has 0 atom stereocenters. The Morgan fingerprint density at radius 1 is 1.33 bits per heavy atom. The highest BCUT2D eigenvalue weighted by Gasteiger charge is 2.19. The molecule has 3 aromatic rings. The van der Waals surface area contributed by atoms with Crippen molar-refractivity contribution in [3.8, 4) is 0 Å². The first-order chi connectivity index (χ1) is 13.0. The monoisotopic (exact) mass is 388 g/mol. The minimum atomic E-state index is -0.255. The molecule has 0 bridgehead atoms. The van der Waals surface area contributed by atoms with Crippen molar-refractivity contribution < 1.29 is 13.9 Å². The zero-order chi connectivity index (χ0) is 19.0. The van der Waals surface area contributed by atoms with Crippen molar-refractivity contribution in [2.24, 2.45) is 0 Å². The average molecular weight is 388 g/mol. The summed E-state index contributed by atoms with van der Waals surface area (Å²) in [6.45, 7) is 6.66. The number of benzene rings is 1. The molecule has 1 aliphatic heterocycles. The summed E-state index contributed by atoms with van der Waals surface area (Å²) in [5, 5.41) is 2.93. The summed E-state index contributed by atoms with van der Waals surface area (Å²) < 4.78 is 21.4. The summed E-state index contributed by atoms with van der Waals surface area (Å²) in [5.74, 6) is -0.441. The molecule has 27 heavy (non-hydrogen) atoms. The first kappa shape index (κ1) is 17.9. The number of hydrogen-bond acceptors (Lipinski definition) is 5. The van der Waals surface area contributed by atoms with Gasteiger partial charge >= 0.3 is 0 Å². The van der Waals surface area contributed by atoms with Gasteiger partial charge in [0, 0.05) is 30.7 Å². The predicted octanol–water partition coefficient (Wildman–Crippen LogP) is 2.92. The lowest BCUT2D eigenvalue weighted by atomic mass is 10.1. The molecule has 1 saturated heterocycles. The number of thiazole rings is 1. The fraction of sp³-hybridized carbons (Fsp3) is 0.368. The fourth-order valence-electron chi connectivity index (χ4n) is 3.32. The van der Waals surface area contributed by atoms with Gasteiger partial charge in [-0.15, -0.1) is 11.3 Å². The van der Waals surface area contributed by atoms with E-state index in [1.807, 2.05) is 29.3 Å². The number of aryl methyl sites for hydroxylation is 2. The Morgan fingerprint density at radius 2 is 2.11 bits per heavy atom. The third-order valence-electron chi connectivity index (χ3n) is 4.65. The molecule has 1 fully saturated rings. The van der Waals surface area contributed by atoms with Gasteiger partial charge in [0.15, 0.2) is 4.96 Å². The van der Waals surface area contributed by atoms with Gasteiger partial charge in [0.25, 0.3) is 5.91 Å². The Labute approximate surface area is 160 Å². The number of nitrogens with one attached hydrogen (secondary N) is 1. The second kappa shape index (κ2) is 7.28. The molecule has 8 heteroatoms. The Morgan fingerprint density at radius 3 is 2.89 bits per heavy atom. The topological polar surface area (TPSA) is 58.9 Å². The van der Waals surface area contributed by atoms with E-state index in [9.17, 15) is 9.18 Å². The first-order valence-electron chi connectivity index (χ1n) is 8.87. The van der Waals surface area contributed by atoms with Gasteiger partial charge < -0.3 is 15.0 Å². The van der Waals surface area contributed by atoms with E-state index in [-0.39, 0.29) is 11.7 Å². The molecule has 1 N–H and O–H groups in total. The summed E-state index contributed by atoms with van der Waals surface area (Å²) in [7, 11) is 0. The number of carbonyl (C=O) groups excluding carboxylic acids is 1. The molecule has 0 radical (unpaired) electrons. The van der Waals surface area contributed by atoms with Crippen LogP contribution in [0.15, 0.2) is 24.4 Å². The zero-order valence-corrected chi connectivity index (χ0v) is 16.1. The Kier molecular flexibility index (Phi) is 4.84. The van der Waals surface area contributed by atoms with E-state index >= 15 is 0 Å². The number of nitrogens with zero attached hydrogens (tertiary/aromatic N) is 3. The standard InChI is InChI=1S/C19H21FN4O2S/c1-12-11-24-17(13(2)22-19(24)27-12)18(25)21-10-14-3-4-15(20)16(9-14)23-5-7-26-8-6-23/h3-4,9,11H,5-8,10H2,1-2H3,(H,21,25). The lowest BCUT2D eigenvalue weighted by Gasteiger charge is -2.29. The maximum Gasteiger partial charge on any atom is 0.270 e. The molecule has 142 valence electrons. The molecule has 1 aliphatic rings. The van der Waals surface area contributed by atoms with Crippen molar-refractivity contribution in [2.45, 2.75) is 20.4 Å². The summed E-state index contributed by atoms with van der Waals surface area (Å²) in [6, 6.07) is 4.96. The van der Waals surface area contributed by atoms with Crippen LogP contribution in [0.3, 0.4) is 0 Å². The predicted molar refractivity (Wildman–Crippen MR) is 103 cm³/mol. The first-order valence-corrected chi connectivity index (χ1v) is 9.69. The zero-order valence-electron chi connectivity index (χ0n) is 15.3. The maximum absolute atomic E-state index is 14.2. The number of anilines is 1. The van der Waals surface area contributed by atoms with E-state index in [4.69, 9.17) is 4.74 Å². The smallest absolute Gasteiger partial charge is 0.270 e. The van der Waals surface area contributed by atoms with Crippen LogP contribution in [0, 0.1) is 19.7 Å². The summed E-state index contributed by atoms with van der Waals surface area (Å²) >= 11 is 1.55. The van der Waals surface area contributed by atoms with Crippen LogP contribution in [0.5, 0.6) is 0 Å². The van der Waals surface area contributed by atoms with Crippen LogP contribution < -0.4 is 10.2 Å². The highest BCUT2D eigenvalue weighted by atomic mass is 32.1. The van der Waals surface area contributed by atoms with Gasteiger partial charge in [-0.1, -0.05) is 6.07 Å². The van der Waals surface area contributed by atoms with Gasteiger partial charge in [0.05, 0.1) is 24.6 Å². The van der Waals surface area contributed by atoms with E-state index in [0.717, 1.165) is 15.4 Å². The second-order valence-electron chi connectivity index (χ2n) is 6.61. The maximum atomic E-state index is 14.2. The van der Waals surface area contributed by atoms with Crippen LogP contribution in [0.1, 0.15) is 26.6 Å². The lowest BCUT2D eigenvalue weighted by molar-refractivity contribution is 0.0944. The molecule has 2 aromatic heterocycles. The minimum Gasteiger partial charge on any atom is -0.378 e. The Balaban J connectivity index is 1.51. The molecular formula is C19H21FN4O2S. The quantitative estimate of drug-likeness (QED) is 0.747. The number of halogens is 1.